The third kappa shape index (κ3) is 3.47. The smallest absolute Gasteiger partial charge is 0.248 e. The van der Waals surface area contributed by atoms with Crippen LogP contribution in [-0.2, 0) is 11.3 Å². The summed E-state index contributed by atoms with van der Waals surface area (Å²) >= 11 is 0. The van der Waals surface area contributed by atoms with E-state index in [1.54, 1.807) is 0 Å². The van der Waals surface area contributed by atoms with Gasteiger partial charge in [0.15, 0.2) is 0 Å². The predicted molar refractivity (Wildman–Crippen MR) is 87.2 cm³/mol. The van der Waals surface area contributed by atoms with Gasteiger partial charge in [0.05, 0.1) is 11.4 Å². The molecular weight excluding hydrogens is 312 g/mol. The van der Waals surface area contributed by atoms with E-state index < -0.39 is 11.8 Å². The number of rotatable bonds is 4. The van der Waals surface area contributed by atoms with Gasteiger partial charge in [-0.15, -0.1) is 0 Å². The van der Waals surface area contributed by atoms with Crippen molar-refractivity contribution >= 4 is 5.91 Å². The average Bonchev–Trinajstić information content (AvgIpc) is 3.06. The molecule has 1 heterocycles. The second-order valence-corrected chi connectivity index (χ2v) is 6.48. The van der Waals surface area contributed by atoms with Crippen LogP contribution in [0.3, 0.4) is 0 Å². The third-order valence-electron chi connectivity index (χ3n) is 4.46. The second-order valence-electron chi connectivity index (χ2n) is 6.48. The van der Waals surface area contributed by atoms with Gasteiger partial charge in [0, 0.05) is 31.0 Å². The van der Waals surface area contributed by atoms with Crippen molar-refractivity contribution in [3.8, 4) is 5.69 Å². The zero-order valence-corrected chi connectivity index (χ0v) is 13.9. The number of alkyl halides is 2. The van der Waals surface area contributed by atoms with Gasteiger partial charge in [-0.05, 0) is 38.0 Å². The van der Waals surface area contributed by atoms with Crippen molar-refractivity contribution in [3.63, 3.8) is 0 Å². The molecule has 0 saturated heterocycles. The summed E-state index contributed by atoms with van der Waals surface area (Å²) in [5.74, 6) is -3.60. The molecule has 1 saturated carbocycles. The van der Waals surface area contributed by atoms with E-state index in [2.05, 4.69) is 10.4 Å². The van der Waals surface area contributed by atoms with Gasteiger partial charge in [-0.3, -0.25) is 4.79 Å². The highest BCUT2D eigenvalue weighted by molar-refractivity contribution is 5.79. The summed E-state index contributed by atoms with van der Waals surface area (Å²) in [5.41, 5.74) is 3.71. The Kier molecular flexibility index (Phi) is 4.39. The fourth-order valence-corrected chi connectivity index (χ4v) is 3.24. The van der Waals surface area contributed by atoms with E-state index in [1.165, 1.54) is 0 Å². The Balaban J connectivity index is 1.72. The number of amides is 1. The Morgan fingerprint density at radius 1 is 1.38 bits per heavy atom. The summed E-state index contributed by atoms with van der Waals surface area (Å²) in [6.45, 7) is 4.19. The highest BCUT2D eigenvalue weighted by atomic mass is 19.3. The molecule has 128 valence electrons. The SMILES string of the molecule is Cc1cc(C)n(-c2ccccc2CNC(=O)[C@H]2CCC(F)(F)C2)n1. The maximum absolute atomic E-state index is 13.3. The van der Waals surface area contributed by atoms with Crippen molar-refractivity contribution in [1.82, 2.24) is 15.1 Å². The molecule has 1 amide bonds. The summed E-state index contributed by atoms with van der Waals surface area (Å²) in [5, 5.41) is 7.27. The van der Waals surface area contributed by atoms with Crippen molar-refractivity contribution in [1.29, 1.82) is 0 Å². The van der Waals surface area contributed by atoms with Gasteiger partial charge in [-0.25, -0.2) is 13.5 Å². The molecule has 2 aromatic rings. The molecule has 4 nitrogen and oxygen atoms in total. The maximum atomic E-state index is 13.3. The van der Waals surface area contributed by atoms with Crippen molar-refractivity contribution in [2.75, 3.05) is 0 Å². The minimum Gasteiger partial charge on any atom is -0.352 e. The molecule has 1 atom stereocenters. The number of nitrogens with zero attached hydrogens (tertiary/aromatic N) is 2. The van der Waals surface area contributed by atoms with Gasteiger partial charge >= 0.3 is 0 Å². The van der Waals surface area contributed by atoms with Gasteiger partial charge in [-0.2, -0.15) is 5.10 Å². The Morgan fingerprint density at radius 3 is 2.75 bits per heavy atom. The van der Waals surface area contributed by atoms with Gasteiger partial charge in [0.25, 0.3) is 0 Å². The topological polar surface area (TPSA) is 46.9 Å². The highest BCUT2D eigenvalue weighted by Crippen LogP contribution is 2.38. The molecular formula is C18H21F2N3O. The van der Waals surface area contributed by atoms with Gasteiger partial charge in [0.2, 0.25) is 11.8 Å². The molecule has 1 aromatic heterocycles. The molecule has 1 aliphatic rings. The van der Waals surface area contributed by atoms with Crippen LogP contribution in [0.2, 0.25) is 0 Å². The maximum Gasteiger partial charge on any atom is 0.248 e. The van der Waals surface area contributed by atoms with Gasteiger partial charge in [0.1, 0.15) is 0 Å². The first-order chi connectivity index (χ1) is 11.4. The van der Waals surface area contributed by atoms with Crippen LogP contribution < -0.4 is 5.32 Å². The van der Waals surface area contributed by atoms with E-state index in [-0.39, 0.29) is 25.2 Å². The van der Waals surface area contributed by atoms with Crippen LogP contribution in [0.25, 0.3) is 5.69 Å². The number of nitrogens with one attached hydrogen (secondary N) is 1. The minimum atomic E-state index is -2.70. The summed E-state index contributed by atoms with van der Waals surface area (Å²) in [4.78, 5) is 12.2. The Labute approximate surface area is 139 Å². The summed E-state index contributed by atoms with van der Waals surface area (Å²) < 4.78 is 28.4. The first kappa shape index (κ1) is 16.6. The number of carbonyl (C=O) groups is 1. The predicted octanol–water partition coefficient (Wildman–Crippen LogP) is 3.54. The van der Waals surface area contributed by atoms with Crippen LogP contribution >= 0.6 is 0 Å². The number of hydrogen-bond donors (Lipinski definition) is 1. The quantitative estimate of drug-likeness (QED) is 0.930. The lowest BCUT2D eigenvalue weighted by Gasteiger charge is -2.14. The zero-order chi connectivity index (χ0) is 17.3. The molecule has 3 rings (SSSR count). The largest absolute Gasteiger partial charge is 0.352 e. The molecule has 0 bridgehead atoms. The lowest BCUT2D eigenvalue weighted by Crippen LogP contribution is -2.30. The molecule has 1 fully saturated rings. The van der Waals surface area contributed by atoms with Crippen LogP contribution in [-0.4, -0.2) is 21.6 Å². The molecule has 1 aliphatic carbocycles. The van der Waals surface area contributed by atoms with Crippen LogP contribution in [0.15, 0.2) is 30.3 Å². The first-order valence-electron chi connectivity index (χ1n) is 8.13. The van der Waals surface area contributed by atoms with E-state index in [9.17, 15) is 13.6 Å². The molecule has 1 aromatic carbocycles. The Bertz CT molecular complexity index is 754. The Morgan fingerprint density at radius 2 is 2.12 bits per heavy atom. The molecule has 0 unspecified atom stereocenters. The lowest BCUT2D eigenvalue weighted by atomic mass is 10.1. The van der Waals surface area contributed by atoms with E-state index in [1.807, 2.05) is 48.9 Å². The lowest BCUT2D eigenvalue weighted by molar-refractivity contribution is -0.125. The number of para-hydroxylation sites is 1. The molecule has 0 radical (unpaired) electrons. The van der Waals surface area contributed by atoms with E-state index in [4.69, 9.17) is 0 Å². The molecule has 0 aliphatic heterocycles. The second kappa shape index (κ2) is 6.34. The van der Waals surface area contributed by atoms with Gasteiger partial charge < -0.3 is 5.32 Å². The molecule has 0 spiro atoms. The number of halogens is 2. The molecule has 6 heteroatoms. The average molecular weight is 333 g/mol. The Hall–Kier alpha value is -2.24. The minimum absolute atomic E-state index is 0.201. The van der Waals surface area contributed by atoms with E-state index >= 15 is 0 Å². The number of benzene rings is 1. The van der Waals surface area contributed by atoms with Crippen LogP contribution in [0.4, 0.5) is 8.78 Å². The highest BCUT2D eigenvalue weighted by Gasteiger charge is 2.42. The number of hydrogen-bond acceptors (Lipinski definition) is 2. The van der Waals surface area contributed by atoms with Crippen LogP contribution in [0.1, 0.15) is 36.2 Å². The van der Waals surface area contributed by atoms with E-state index in [0.29, 0.717) is 6.54 Å². The molecule has 24 heavy (non-hydrogen) atoms. The third-order valence-corrected chi connectivity index (χ3v) is 4.46. The fraction of sp³-hybridized carbons (Fsp3) is 0.444. The van der Waals surface area contributed by atoms with Crippen molar-refractivity contribution < 1.29 is 13.6 Å². The zero-order valence-electron chi connectivity index (χ0n) is 13.9. The number of aromatic nitrogens is 2. The summed E-state index contributed by atoms with van der Waals surface area (Å²) in [6.07, 6.45) is -0.302. The molecule has 1 N–H and O–H groups in total. The van der Waals surface area contributed by atoms with Crippen LogP contribution in [0, 0.1) is 19.8 Å². The number of aryl methyl sites for hydroxylation is 2. The van der Waals surface area contributed by atoms with Crippen molar-refractivity contribution in [3.05, 3.63) is 47.3 Å². The van der Waals surface area contributed by atoms with Crippen molar-refractivity contribution in [2.45, 2.75) is 45.6 Å². The normalized spacial score (nSPS) is 19.4. The standard InChI is InChI=1S/C18H21F2N3O/c1-12-9-13(2)23(22-12)16-6-4-3-5-15(16)11-21-17(24)14-7-8-18(19,20)10-14/h3-6,9,14H,7-8,10-11H2,1-2H3,(H,21,24)/t14-/m0/s1. The summed E-state index contributed by atoms with van der Waals surface area (Å²) in [6, 6.07) is 9.63. The number of carbonyl (C=O) groups excluding carboxylic acids is 1. The van der Waals surface area contributed by atoms with Gasteiger partial charge in [-0.1, -0.05) is 18.2 Å². The monoisotopic (exact) mass is 333 g/mol. The summed E-state index contributed by atoms with van der Waals surface area (Å²) in [7, 11) is 0. The van der Waals surface area contributed by atoms with Crippen LogP contribution in [0.5, 0.6) is 0 Å². The first-order valence-corrected chi connectivity index (χ1v) is 8.13. The fourth-order valence-electron chi connectivity index (χ4n) is 3.24. The van der Waals surface area contributed by atoms with E-state index in [0.717, 1.165) is 22.6 Å². The van der Waals surface area contributed by atoms with Crippen molar-refractivity contribution in [2.24, 2.45) is 5.92 Å².